The normalized spacial score (nSPS) is 11.3. The van der Waals surface area contributed by atoms with Gasteiger partial charge in [0.1, 0.15) is 5.82 Å². The third-order valence-electron chi connectivity index (χ3n) is 2.83. The Labute approximate surface area is 117 Å². The van der Waals surface area contributed by atoms with E-state index in [0.717, 1.165) is 4.31 Å². The van der Waals surface area contributed by atoms with Crippen molar-refractivity contribution in [1.82, 2.24) is 0 Å². The van der Waals surface area contributed by atoms with Crippen LogP contribution >= 0.6 is 0 Å². The summed E-state index contributed by atoms with van der Waals surface area (Å²) in [6.07, 6.45) is 0. The number of nitrogens with two attached hydrogens (primary N) is 1. The first kappa shape index (κ1) is 14.3. The Kier molecular flexibility index (Phi) is 3.94. The summed E-state index contributed by atoms with van der Waals surface area (Å²) >= 11 is 0. The number of nitrogens with zero attached hydrogens (tertiary/aromatic N) is 1. The highest BCUT2D eigenvalue weighted by atomic mass is 32.2. The van der Waals surface area contributed by atoms with E-state index in [0.29, 0.717) is 5.69 Å². The zero-order valence-corrected chi connectivity index (χ0v) is 11.8. The molecule has 4 nitrogen and oxygen atoms in total. The van der Waals surface area contributed by atoms with Crippen LogP contribution in [0.5, 0.6) is 0 Å². The molecular formula is C14H15FN2O2S. The number of hydrogen-bond donors (Lipinski definition) is 1. The van der Waals surface area contributed by atoms with Crippen molar-refractivity contribution in [2.75, 3.05) is 16.6 Å². The molecule has 0 atom stereocenters. The molecule has 106 valence electrons. The summed E-state index contributed by atoms with van der Waals surface area (Å²) in [6, 6.07) is 11.5. The van der Waals surface area contributed by atoms with Gasteiger partial charge >= 0.3 is 0 Å². The zero-order chi connectivity index (χ0) is 14.8. The average Bonchev–Trinajstić information content (AvgIpc) is 2.39. The van der Waals surface area contributed by atoms with Gasteiger partial charge in [-0.3, -0.25) is 4.31 Å². The lowest BCUT2D eigenvalue weighted by Gasteiger charge is -2.23. The summed E-state index contributed by atoms with van der Waals surface area (Å²) in [5, 5.41) is 0. The molecule has 0 aliphatic carbocycles. The smallest absolute Gasteiger partial charge is 0.264 e. The van der Waals surface area contributed by atoms with Crippen LogP contribution in [0, 0.1) is 5.82 Å². The van der Waals surface area contributed by atoms with E-state index in [9.17, 15) is 12.8 Å². The highest BCUT2D eigenvalue weighted by Crippen LogP contribution is 2.24. The number of benzene rings is 2. The third-order valence-corrected chi connectivity index (χ3v) is 4.73. The van der Waals surface area contributed by atoms with E-state index in [4.69, 9.17) is 5.73 Å². The Balaban J connectivity index is 2.50. The van der Waals surface area contributed by atoms with Gasteiger partial charge in [0.15, 0.2) is 0 Å². The van der Waals surface area contributed by atoms with Crippen molar-refractivity contribution in [1.29, 1.82) is 0 Å². The van der Waals surface area contributed by atoms with Crippen molar-refractivity contribution >= 4 is 21.4 Å². The predicted octanol–water partition coefficient (Wildman–Crippen LogP) is 2.62. The SMILES string of the molecule is CCN(c1cccc(F)c1)S(=O)(=O)c1cccc(N)c1. The van der Waals surface area contributed by atoms with Crippen LogP contribution in [-0.4, -0.2) is 15.0 Å². The molecule has 20 heavy (non-hydrogen) atoms. The first-order valence-electron chi connectivity index (χ1n) is 6.09. The first-order chi connectivity index (χ1) is 9.45. The van der Waals surface area contributed by atoms with Crippen molar-refractivity contribution in [2.24, 2.45) is 0 Å². The maximum absolute atomic E-state index is 13.3. The molecule has 2 aromatic rings. The van der Waals surface area contributed by atoms with Gasteiger partial charge < -0.3 is 5.73 Å². The van der Waals surface area contributed by atoms with Gasteiger partial charge in [0.05, 0.1) is 10.6 Å². The van der Waals surface area contributed by atoms with Gasteiger partial charge in [0.25, 0.3) is 10.0 Å². The Hall–Kier alpha value is -2.08. The quantitative estimate of drug-likeness (QED) is 0.882. The number of halogens is 1. The van der Waals surface area contributed by atoms with Gasteiger partial charge in [-0.1, -0.05) is 12.1 Å². The summed E-state index contributed by atoms with van der Waals surface area (Å²) in [4.78, 5) is 0.0867. The molecule has 2 rings (SSSR count). The van der Waals surface area contributed by atoms with E-state index in [1.54, 1.807) is 25.1 Å². The molecule has 0 aliphatic heterocycles. The largest absolute Gasteiger partial charge is 0.399 e. The van der Waals surface area contributed by atoms with E-state index >= 15 is 0 Å². The lowest BCUT2D eigenvalue weighted by molar-refractivity contribution is 0.591. The van der Waals surface area contributed by atoms with Crippen molar-refractivity contribution in [3.63, 3.8) is 0 Å². The molecule has 2 aromatic carbocycles. The number of anilines is 2. The minimum Gasteiger partial charge on any atom is -0.399 e. The summed E-state index contributed by atoms with van der Waals surface area (Å²) in [5.41, 5.74) is 6.27. The number of rotatable bonds is 4. The predicted molar refractivity (Wildman–Crippen MR) is 77.5 cm³/mol. The molecule has 2 N–H and O–H groups in total. The summed E-state index contributed by atoms with van der Waals surface area (Å²) in [7, 11) is -3.76. The monoisotopic (exact) mass is 294 g/mol. The van der Waals surface area contributed by atoms with Gasteiger partial charge in [0.2, 0.25) is 0 Å². The third kappa shape index (κ3) is 2.75. The lowest BCUT2D eigenvalue weighted by Crippen LogP contribution is -2.30. The van der Waals surface area contributed by atoms with Crippen molar-refractivity contribution in [3.05, 3.63) is 54.3 Å². The fraction of sp³-hybridized carbons (Fsp3) is 0.143. The van der Waals surface area contributed by atoms with Crippen molar-refractivity contribution in [2.45, 2.75) is 11.8 Å². The lowest BCUT2D eigenvalue weighted by atomic mass is 10.3. The molecular weight excluding hydrogens is 279 g/mol. The Morgan fingerprint density at radius 2 is 1.85 bits per heavy atom. The molecule has 0 unspecified atom stereocenters. The van der Waals surface area contributed by atoms with E-state index in [1.807, 2.05) is 0 Å². The molecule has 0 bridgehead atoms. The molecule has 0 saturated heterocycles. The summed E-state index contributed by atoms with van der Waals surface area (Å²) in [6.45, 7) is 1.88. The molecule has 0 amide bonds. The van der Waals surface area contributed by atoms with Gasteiger partial charge in [0, 0.05) is 12.2 Å². The number of sulfonamides is 1. The fourth-order valence-electron chi connectivity index (χ4n) is 1.92. The fourth-order valence-corrected chi connectivity index (χ4v) is 3.45. The molecule has 6 heteroatoms. The first-order valence-corrected chi connectivity index (χ1v) is 7.53. The van der Waals surface area contributed by atoms with Gasteiger partial charge in [-0.2, -0.15) is 0 Å². The van der Waals surface area contributed by atoms with Gasteiger partial charge in [-0.15, -0.1) is 0 Å². The van der Waals surface area contributed by atoms with Crippen LogP contribution in [0.25, 0.3) is 0 Å². The summed E-state index contributed by atoms with van der Waals surface area (Å²) in [5.74, 6) is -0.483. The Morgan fingerprint density at radius 3 is 2.45 bits per heavy atom. The highest BCUT2D eigenvalue weighted by molar-refractivity contribution is 7.92. The number of nitrogen functional groups attached to an aromatic ring is 1. The maximum Gasteiger partial charge on any atom is 0.264 e. The molecule has 0 spiro atoms. The number of hydrogen-bond acceptors (Lipinski definition) is 3. The van der Waals surface area contributed by atoms with Gasteiger partial charge in [-0.25, -0.2) is 12.8 Å². The van der Waals surface area contributed by atoms with Crippen LogP contribution in [-0.2, 0) is 10.0 Å². The molecule has 0 heterocycles. The second kappa shape index (κ2) is 5.50. The van der Waals surface area contributed by atoms with E-state index in [1.165, 1.54) is 30.3 Å². The van der Waals surface area contributed by atoms with Gasteiger partial charge in [-0.05, 0) is 43.3 Å². The second-order valence-corrected chi connectivity index (χ2v) is 6.08. The van der Waals surface area contributed by atoms with Crippen LogP contribution in [0.1, 0.15) is 6.92 Å². The molecule has 0 aromatic heterocycles. The van der Waals surface area contributed by atoms with Crippen molar-refractivity contribution < 1.29 is 12.8 Å². The van der Waals surface area contributed by atoms with E-state index in [-0.39, 0.29) is 17.1 Å². The van der Waals surface area contributed by atoms with Crippen LogP contribution in [0.15, 0.2) is 53.4 Å². The standard InChI is InChI=1S/C14H15FN2O2S/c1-2-17(13-7-3-5-11(15)9-13)20(18,19)14-8-4-6-12(16)10-14/h3-10H,2,16H2,1H3. The van der Waals surface area contributed by atoms with E-state index < -0.39 is 15.8 Å². The highest BCUT2D eigenvalue weighted by Gasteiger charge is 2.23. The van der Waals surface area contributed by atoms with Crippen LogP contribution in [0.3, 0.4) is 0 Å². The topological polar surface area (TPSA) is 63.4 Å². The Morgan fingerprint density at radius 1 is 1.15 bits per heavy atom. The van der Waals surface area contributed by atoms with E-state index in [2.05, 4.69) is 0 Å². The minimum atomic E-state index is -3.76. The average molecular weight is 294 g/mol. The molecule has 0 saturated carbocycles. The molecule has 0 aliphatic rings. The molecule has 0 radical (unpaired) electrons. The minimum absolute atomic E-state index is 0.0867. The maximum atomic E-state index is 13.3. The van der Waals surface area contributed by atoms with Crippen LogP contribution in [0.4, 0.5) is 15.8 Å². The summed E-state index contributed by atoms with van der Waals surface area (Å²) < 4.78 is 39.6. The molecule has 0 fully saturated rings. The van der Waals surface area contributed by atoms with Crippen LogP contribution in [0.2, 0.25) is 0 Å². The Bertz CT molecular complexity index is 717. The van der Waals surface area contributed by atoms with Crippen LogP contribution < -0.4 is 10.0 Å². The second-order valence-electron chi connectivity index (χ2n) is 4.22. The zero-order valence-electron chi connectivity index (χ0n) is 11.0. The van der Waals surface area contributed by atoms with Crippen molar-refractivity contribution in [3.8, 4) is 0 Å².